The van der Waals surface area contributed by atoms with E-state index in [0.717, 1.165) is 25.7 Å². The largest absolute Gasteiger partial charge is 0.382 e. The summed E-state index contributed by atoms with van der Waals surface area (Å²) in [6.07, 6.45) is 4.55. The number of nitrogens with zero attached hydrogens (tertiary/aromatic N) is 1. The highest BCUT2D eigenvalue weighted by Crippen LogP contribution is 2.54. The van der Waals surface area contributed by atoms with E-state index in [4.69, 9.17) is 4.74 Å². The second kappa shape index (κ2) is 11.8. The van der Waals surface area contributed by atoms with E-state index in [1.807, 2.05) is 18.2 Å². The molecule has 2 rings (SSSR count). The highest BCUT2D eigenvalue weighted by Gasteiger charge is 2.55. The van der Waals surface area contributed by atoms with Crippen LogP contribution in [0.2, 0.25) is 0 Å². The van der Waals surface area contributed by atoms with Crippen molar-refractivity contribution in [1.29, 1.82) is 0 Å². The van der Waals surface area contributed by atoms with Gasteiger partial charge in [0.25, 0.3) is 0 Å². The lowest BCUT2D eigenvalue weighted by atomic mass is 9.89. The lowest BCUT2D eigenvalue weighted by Gasteiger charge is -2.17. The van der Waals surface area contributed by atoms with E-state index in [-0.39, 0.29) is 17.6 Å². The summed E-state index contributed by atoms with van der Waals surface area (Å²) < 4.78 is 30.7. The molecule has 0 bridgehead atoms. The van der Waals surface area contributed by atoms with Crippen LogP contribution in [0.5, 0.6) is 0 Å². The molecule has 1 aliphatic rings. The fourth-order valence-corrected chi connectivity index (χ4v) is 3.50. The number of carbonyl (C=O) groups is 1. The molecule has 2 N–H and O–H groups in total. The van der Waals surface area contributed by atoms with Crippen LogP contribution >= 0.6 is 12.2 Å². The molecule has 0 aromatic heterocycles. The molecule has 1 amide bonds. The van der Waals surface area contributed by atoms with Gasteiger partial charge in [-0.05, 0) is 50.4 Å². The topological polar surface area (TPSA) is 96.9 Å². The number of ether oxygens (including phenoxy) is 1. The number of nitrogens with one attached hydrogen (secondary N) is 2. The van der Waals surface area contributed by atoms with Gasteiger partial charge in [-0.15, -0.1) is 0 Å². The fourth-order valence-electron chi connectivity index (χ4n) is 2.97. The minimum Gasteiger partial charge on any atom is -0.382 e. The maximum Gasteiger partial charge on any atom is 0.311 e. The van der Waals surface area contributed by atoms with Crippen molar-refractivity contribution in [2.24, 2.45) is 4.36 Å². The second-order valence-corrected chi connectivity index (χ2v) is 7.40. The lowest BCUT2D eigenvalue weighted by Crippen LogP contribution is -2.30. The van der Waals surface area contributed by atoms with Crippen molar-refractivity contribution in [3.05, 3.63) is 35.9 Å². The zero-order valence-corrected chi connectivity index (χ0v) is 17.5. The predicted molar refractivity (Wildman–Crippen MR) is 109 cm³/mol. The molecule has 1 fully saturated rings. The Morgan fingerprint density at radius 1 is 1.44 bits per heavy atom. The molecule has 7 nitrogen and oxygen atoms in total. The zero-order chi connectivity index (χ0) is 20.3. The molecule has 1 aliphatic carbocycles. The lowest BCUT2D eigenvalue weighted by molar-refractivity contribution is -0.108. The van der Waals surface area contributed by atoms with Gasteiger partial charge in [-0.1, -0.05) is 30.3 Å². The number of methoxy groups -OCH3 is 1. The Bertz CT molecular complexity index is 732. The van der Waals surface area contributed by atoms with Crippen LogP contribution in [-0.2, 0) is 25.4 Å². The van der Waals surface area contributed by atoms with E-state index in [2.05, 4.69) is 46.3 Å². The van der Waals surface area contributed by atoms with Crippen molar-refractivity contribution in [3.63, 3.8) is 0 Å². The van der Waals surface area contributed by atoms with E-state index < -0.39 is 10.5 Å². The van der Waals surface area contributed by atoms with Crippen LogP contribution < -0.4 is 10.6 Å². The molecule has 27 heavy (non-hydrogen) atoms. The standard InChI is InChI=1S/C15H21NO3S.C3H6N2OS/c1-12(19-2)7-6-10-15(11-14(15)16-20(17)18)13-8-4-3-5-9-13;1-4-3(7)5-2-6/h3-5,8-9,12,14H,6-7,10-11H2,1-2H3;2H,1H3,(H2,4,5,6,7). The first-order valence-corrected chi connectivity index (χ1v) is 10.1. The van der Waals surface area contributed by atoms with Crippen LogP contribution in [-0.4, -0.2) is 46.2 Å². The third-order valence-corrected chi connectivity index (χ3v) is 5.40. The van der Waals surface area contributed by atoms with Crippen LogP contribution in [0.4, 0.5) is 0 Å². The minimum atomic E-state index is -2.32. The van der Waals surface area contributed by atoms with Gasteiger partial charge in [0.15, 0.2) is 5.11 Å². The monoisotopic (exact) mass is 413 g/mol. The first kappa shape index (κ1) is 23.2. The molecule has 3 unspecified atom stereocenters. The maximum atomic E-state index is 10.8. The molecule has 1 aromatic rings. The number of hydrogen-bond donors (Lipinski definition) is 2. The number of carbonyl (C=O) groups excluding carboxylic acids is 1. The molecular weight excluding hydrogens is 386 g/mol. The van der Waals surface area contributed by atoms with Crippen molar-refractivity contribution in [3.8, 4) is 0 Å². The average molecular weight is 414 g/mol. The molecule has 150 valence electrons. The van der Waals surface area contributed by atoms with Crippen molar-refractivity contribution in [1.82, 2.24) is 10.6 Å². The third kappa shape index (κ3) is 7.74. The Kier molecular flexibility index (Phi) is 10.1. The predicted octanol–water partition coefficient (Wildman–Crippen LogP) is 2.20. The number of amides is 1. The number of rotatable bonds is 8. The Balaban J connectivity index is 0.000000445. The molecule has 1 aromatic carbocycles. The van der Waals surface area contributed by atoms with Crippen molar-refractivity contribution >= 4 is 34.2 Å². The van der Waals surface area contributed by atoms with Gasteiger partial charge in [0.05, 0.1) is 12.1 Å². The second-order valence-electron chi connectivity index (χ2n) is 6.34. The molecule has 0 radical (unpaired) electrons. The molecule has 0 aliphatic heterocycles. The molecule has 0 spiro atoms. The zero-order valence-electron chi connectivity index (χ0n) is 15.8. The van der Waals surface area contributed by atoms with Gasteiger partial charge in [-0.3, -0.25) is 4.79 Å². The Hall–Kier alpha value is -1.84. The quantitative estimate of drug-likeness (QED) is 0.501. The molecule has 1 saturated carbocycles. The van der Waals surface area contributed by atoms with Gasteiger partial charge in [0.2, 0.25) is 6.41 Å². The Morgan fingerprint density at radius 2 is 2.11 bits per heavy atom. The minimum absolute atomic E-state index is 0.0885. The summed E-state index contributed by atoms with van der Waals surface area (Å²) in [4.78, 5) is 9.54. The summed E-state index contributed by atoms with van der Waals surface area (Å²) >= 11 is 4.50. The SMILES string of the molecule is CNC(=S)NC=O.COC(C)CCCC1(c2ccccc2)CC1N=S(=O)=O. The summed E-state index contributed by atoms with van der Waals surface area (Å²) in [6.45, 7) is 2.05. The number of hydrogen-bond acceptors (Lipinski definition) is 6. The van der Waals surface area contributed by atoms with E-state index in [0.29, 0.717) is 11.5 Å². The summed E-state index contributed by atoms with van der Waals surface area (Å²) in [6, 6.07) is 10.0. The molecule has 3 atom stereocenters. The van der Waals surface area contributed by atoms with Gasteiger partial charge in [-0.25, -0.2) is 0 Å². The van der Waals surface area contributed by atoms with Crippen LogP contribution in [0.1, 0.15) is 38.2 Å². The fraction of sp³-hybridized carbons (Fsp3) is 0.556. The Labute approximate surface area is 167 Å². The first-order chi connectivity index (χ1) is 12.9. The third-order valence-electron chi connectivity index (χ3n) is 4.65. The van der Waals surface area contributed by atoms with E-state index in [1.54, 1.807) is 14.2 Å². The van der Waals surface area contributed by atoms with Crippen molar-refractivity contribution < 1.29 is 17.9 Å². The first-order valence-electron chi connectivity index (χ1n) is 8.70. The molecule has 0 heterocycles. The normalized spacial score (nSPS) is 21.1. The van der Waals surface area contributed by atoms with Gasteiger partial charge < -0.3 is 15.4 Å². The molecule has 9 heteroatoms. The summed E-state index contributed by atoms with van der Waals surface area (Å²) in [5, 5.41) is 5.13. The van der Waals surface area contributed by atoms with E-state index >= 15 is 0 Å². The summed E-state index contributed by atoms with van der Waals surface area (Å²) in [5.41, 5.74) is 1.11. The van der Waals surface area contributed by atoms with Crippen LogP contribution in [0.25, 0.3) is 0 Å². The van der Waals surface area contributed by atoms with Gasteiger partial charge >= 0.3 is 10.5 Å². The number of benzene rings is 1. The van der Waals surface area contributed by atoms with Crippen molar-refractivity contribution in [2.45, 2.75) is 50.2 Å². The van der Waals surface area contributed by atoms with E-state index in [1.165, 1.54) is 5.56 Å². The average Bonchev–Trinajstić information content (AvgIpc) is 3.35. The van der Waals surface area contributed by atoms with Crippen molar-refractivity contribution in [2.75, 3.05) is 14.2 Å². The Morgan fingerprint density at radius 3 is 2.59 bits per heavy atom. The highest BCUT2D eigenvalue weighted by atomic mass is 32.2. The maximum absolute atomic E-state index is 10.8. The van der Waals surface area contributed by atoms with Crippen LogP contribution in [0.3, 0.4) is 0 Å². The molecular formula is C18H27N3O4S2. The van der Waals surface area contributed by atoms with Gasteiger partial charge in [-0.2, -0.15) is 12.8 Å². The van der Waals surface area contributed by atoms with Crippen LogP contribution in [0, 0.1) is 0 Å². The van der Waals surface area contributed by atoms with Gasteiger partial charge in [0, 0.05) is 19.6 Å². The summed E-state index contributed by atoms with van der Waals surface area (Å²) in [7, 11) is 1.03. The van der Waals surface area contributed by atoms with Gasteiger partial charge in [0.1, 0.15) is 0 Å². The highest BCUT2D eigenvalue weighted by molar-refractivity contribution is 7.80. The molecule has 0 saturated heterocycles. The number of thiocarbonyl (C=S) groups is 1. The van der Waals surface area contributed by atoms with Crippen LogP contribution in [0.15, 0.2) is 34.7 Å². The van der Waals surface area contributed by atoms with E-state index in [9.17, 15) is 13.2 Å². The smallest absolute Gasteiger partial charge is 0.311 e. The summed E-state index contributed by atoms with van der Waals surface area (Å²) in [5.74, 6) is 0.